The zero-order valence-corrected chi connectivity index (χ0v) is 12.1. The van der Waals surface area contributed by atoms with E-state index < -0.39 is 12.1 Å². The molecule has 4 N–H and O–H groups in total. The Morgan fingerprint density at radius 3 is 2.09 bits per heavy atom. The number of hydrogen-bond donors (Lipinski definition) is 4. The molecule has 2 rings (SSSR count). The van der Waals surface area contributed by atoms with Gasteiger partial charge in [0.2, 0.25) is 0 Å². The Hall–Kier alpha value is -3.02. The summed E-state index contributed by atoms with van der Waals surface area (Å²) >= 11 is 0. The third-order valence-corrected chi connectivity index (χ3v) is 2.68. The molecule has 0 heterocycles. The highest BCUT2D eigenvalue weighted by atomic mass is 16.3. The van der Waals surface area contributed by atoms with Crippen molar-refractivity contribution in [2.24, 2.45) is 0 Å². The van der Waals surface area contributed by atoms with E-state index >= 15 is 0 Å². The van der Waals surface area contributed by atoms with Crippen molar-refractivity contribution in [3.05, 3.63) is 60.2 Å². The lowest BCUT2D eigenvalue weighted by atomic mass is 10.1. The molecule has 0 fully saturated rings. The molecule has 2 aromatic carbocycles. The van der Waals surface area contributed by atoms with Gasteiger partial charge in [0.15, 0.2) is 0 Å². The normalized spacial score (nSPS) is 10.6. The molecule has 0 spiro atoms. The van der Waals surface area contributed by atoms with Crippen LogP contribution >= 0.6 is 0 Å². The first kappa shape index (κ1) is 17.0. The van der Waals surface area contributed by atoms with Crippen LogP contribution in [0, 0.1) is 0 Å². The lowest BCUT2D eigenvalue weighted by molar-refractivity contribution is -0.109. The third-order valence-electron chi connectivity index (χ3n) is 2.68. The van der Waals surface area contributed by atoms with Crippen molar-refractivity contribution in [2.45, 2.75) is 6.04 Å². The summed E-state index contributed by atoms with van der Waals surface area (Å²) < 4.78 is 0. The number of urea groups is 1. The van der Waals surface area contributed by atoms with Crippen molar-refractivity contribution in [1.82, 2.24) is 10.6 Å². The van der Waals surface area contributed by atoms with Gasteiger partial charge in [-0.15, -0.1) is 0 Å². The molecule has 2 aromatic rings. The highest BCUT2D eigenvalue weighted by Gasteiger charge is 2.15. The molecule has 1 unspecified atom stereocenters. The quantitative estimate of drug-likeness (QED) is 0.651. The van der Waals surface area contributed by atoms with Crippen molar-refractivity contribution < 1.29 is 19.8 Å². The molecule has 0 aliphatic rings. The van der Waals surface area contributed by atoms with Crippen LogP contribution in [0.25, 0.3) is 0 Å². The standard InChI is InChI=1S/C10H12N2O3.C6H6O/c1-11-10(15)12-8(6-13)7-4-2-3-5-9(7)14;7-6-4-2-1-3-5-6/h2-6,8,14H,1H3,(H2,11,12,15);1-5,7H. The van der Waals surface area contributed by atoms with Crippen molar-refractivity contribution in [3.63, 3.8) is 0 Å². The van der Waals surface area contributed by atoms with Gasteiger partial charge in [-0.2, -0.15) is 0 Å². The maximum atomic E-state index is 11.0. The topological polar surface area (TPSA) is 98.7 Å². The maximum absolute atomic E-state index is 11.0. The molecule has 0 saturated carbocycles. The minimum absolute atomic E-state index is 0.0222. The van der Waals surface area contributed by atoms with Crippen molar-refractivity contribution in [2.75, 3.05) is 7.05 Å². The molecule has 1 atom stereocenters. The van der Waals surface area contributed by atoms with E-state index in [2.05, 4.69) is 10.6 Å². The predicted octanol–water partition coefficient (Wildman–Crippen LogP) is 1.95. The Bertz CT molecular complexity index is 602. The molecule has 6 nitrogen and oxygen atoms in total. The summed E-state index contributed by atoms with van der Waals surface area (Å²) in [6.45, 7) is 0. The number of rotatable bonds is 3. The Morgan fingerprint density at radius 1 is 1.05 bits per heavy atom. The molecule has 0 aliphatic heterocycles. The highest BCUT2D eigenvalue weighted by molar-refractivity contribution is 5.78. The first-order chi connectivity index (χ1) is 10.6. The second-order valence-corrected chi connectivity index (χ2v) is 4.23. The van der Waals surface area contributed by atoms with E-state index in [-0.39, 0.29) is 5.75 Å². The summed E-state index contributed by atoms with van der Waals surface area (Å²) in [7, 11) is 1.45. The van der Waals surface area contributed by atoms with Gasteiger partial charge in [0, 0.05) is 12.6 Å². The van der Waals surface area contributed by atoms with Crippen LogP contribution in [-0.2, 0) is 4.79 Å². The van der Waals surface area contributed by atoms with Gasteiger partial charge in [0.1, 0.15) is 23.8 Å². The fourth-order valence-electron chi connectivity index (χ4n) is 1.58. The van der Waals surface area contributed by atoms with Crippen LogP contribution in [0.2, 0.25) is 0 Å². The molecular formula is C16H18N2O4. The Balaban J connectivity index is 0.000000287. The fourth-order valence-corrected chi connectivity index (χ4v) is 1.58. The van der Waals surface area contributed by atoms with E-state index in [4.69, 9.17) is 5.11 Å². The van der Waals surface area contributed by atoms with Crippen LogP contribution in [0.3, 0.4) is 0 Å². The molecule has 6 heteroatoms. The van der Waals surface area contributed by atoms with Crippen molar-refractivity contribution in [3.8, 4) is 11.5 Å². The predicted molar refractivity (Wildman–Crippen MR) is 82.6 cm³/mol. The van der Waals surface area contributed by atoms with Gasteiger partial charge in [-0.1, -0.05) is 36.4 Å². The summed E-state index contributed by atoms with van der Waals surface area (Å²) in [5.41, 5.74) is 0.371. The molecule has 2 amide bonds. The SMILES string of the molecule is CNC(=O)NC(C=O)c1ccccc1O.Oc1ccccc1. The number of nitrogens with one attached hydrogen (secondary N) is 2. The average molecular weight is 302 g/mol. The summed E-state index contributed by atoms with van der Waals surface area (Å²) in [5.74, 6) is 0.300. The smallest absolute Gasteiger partial charge is 0.315 e. The van der Waals surface area contributed by atoms with E-state index in [0.29, 0.717) is 17.6 Å². The fraction of sp³-hybridized carbons (Fsp3) is 0.125. The lowest BCUT2D eigenvalue weighted by Crippen LogP contribution is -2.36. The molecule has 0 aromatic heterocycles. The van der Waals surface area contributed by atoms with Gasteiger partial charge < -0.3 is 25.6 Å². The number of phenolic OH excluding ortho intramolecular Hbond substituents is 2. The van der Waals surface area contributed by atoms with Gasteiger partial charge in [0.05, 0.1) is 0 Å². The van der Waals surface area contributed by atoms with Gasteiger partial charge in [-0.3, -0.25) is 0 Å². The van der Waals surface area contributed by atoms with Crippen LogP contribution in [0.4, 0.5) is 4.79 Å². The molecular weight excluding hydrogens is 284 g/mol. The molecule has 0 bridgehead atoms. The van der Waals surface area contributed by atoms with Crippen LogP contribution in [-0.4, -0.2) is 29.6 Å². The average Bonchev–Trinajstić information content (AvgIpc) is 2.54. The van der Waals surface area contributed by atoms with Crippen LogP contribution < -0.4 is 10.6 Å². The van der Waals surface area contributed by atoms with Crippen LogP contribution in [0.15, 0.2) is 54.6 Å². The van der Waals surface area contributed by atoms with Crippen molar-refractivity contribution >= 4 is 12.3 Å². The molecule has 0 saturated heterocycles. The number of hydrogen-bond acceptors (Lipinski definition) is 4. The van der Waals surface area contributed by atoms with E-state index in [1.807, 2.05) is 6.07 Å². The summed E-state index contributed by atoms with van der Waals surface area (Å²) in [4.78, 5) is 21.8. The maximum Gasteiger partial charge on any atom is 0.315 e. The minimum atomic E-state index is -0.842. The second kappa shape index (κ2) is 9.02. The Labute approximate surface area is 128 Å². The minimum Gasteiger partial charge on any atom is -0.508 e. The first-order valence-electron chi connectivity index (χ1n) is 6.54. The number of aromatic hydroxyl groups is 2. The number of phenols is 2. The Morgan fingerprint density at radius 2 is 1.64 bits per heavy atom. The molecule has 0 radical (unpaired) electrons. The molecule has 0 aliphatic carbocycles. The molecule has 22 heavy (non-hydrogen) atoms. The lowest BCUT2D eigenvalue weighted by Gasteiger charge is -2.13. The van der Waals surface area contributed by atoms with Gasteiger partial charge >= 0.3 is 6.03 Å². The van der Waals surface area contributed by atoms with Crippen LogP contribution in [0.5, 0.6) is 11.5 Å². The van der Waals surface area contributed by atoms with Gasteiger partial charge in [0.25, 0.3) is 0 Å². The number of para-hydroxylation sites is 2. The summed E-state index contributed by atoms with van der Waals surface area (Å²) in [5, 5.41) is 22.8. The zero-order chi connectivity index (χ0) is 16.4. The van der Waals surface area contributed by atoms with Gasteiger partial charge in [-0.25, -0.2) is 4.79 Å². The van der Waals surface area contributed by atoms with E-state index in [1.54, 1.807) is 42.5 Å². The number of amides is 2. The third kappa shape index (κ3) is 5.54. The number of aldehydes is 1. The zero-order valence-electron chi connectivity index (χ0n) is 12.1. The van der Waals surface area contributed by atoms with E-state index in [1.165, 1.54) is 13.1 Å². The summed E-state index contributed by atoms with van der Waals surface area (Å²) in [6.07, 6.45) is 0.560. The van der Waals surface area contributed by atoms with E-state index in [9.17, 15) is 14.7 Å². The highest BCUT2D eigenvalue weighted by Crippen LogP contribution is 2.21. The van der Waals surface area contributed by atoms with E-state index in [0.717, 1.165) is 0 Å². The van der Waals surface area contributed by atoms with Crippen molar-refractivity contribution in [1.29, 1.82) is 0 Å². The monoisotopic (exact) mass is 302 g/mol. The summed E-state index contributed by atoms with van der Waals surface area (Å²) in [6, 6.07) is 13.7. The van der Waals surface area contributed by atoms with Crippen LogP contribution in [0.1, 0.15) is 11.6 Å². The molecule has 116 valence electrons. The number of carbonyl (C=O) groups is 2. The Kier molecular flexibility index (Phi) is 6.98. The number of carbonyl (C=O) groups excluding carboxylic acids is 2. The number of benzene rings is 2. The first-order valence-corrected chi connectivity index (χ1v) is 6.54. The van der Waals surface area contributed by atoms with Gasteiger partial charge in [-0.05, 0) is 18.2 Å². The largest absolute Gasteiger partial charge is 0.508 e. The second-order valence-electron chi connectivity index (χ2n) is 4.23.